The van der Waals surface area contributed by atoms with Crippen LogP contribution in [0.1, 0.15) is 57.9 Å². The van der Waals surface area contributed by atoms with Gasteiger partial charge in [-0.2, -0.15) is 0 Å². The highest BCUT2D eigenvalue weighted by atomic mass is 14.9. The Kier molecular flexibility index (Phi) is 5.45. The van der Waals surface area contributed by atoms with Gasteiger partial charge >= 0.3 is 0 Å². The molecule has 1 aromatic carbocycles. The third-order valence-electron chi connectivity index (χ3n) is 4.49. The summed E-state index contributed by atoms with van der Waals surface area (Å²) in [7, 11) is 0. The fourth-order valence-corrected chi connectivity index (χ4v) is 3.46. The smallest absolute Gasteiger partial charge is 0.0104 e. The molecule has 2 rings (SSSR count). The zero-order chi connectivity index (χ0) is 13.7. The number of rotatable bonds is 8. The first-order chi connectivity index (χ1) is 9.26. The van der Waals surface area contributed by atoms with Gasteiger partial charge in [-0.15, -0.1) is 0 Å². The molecule has 4 atom stereocenters. The van der Waals surface area contributed by atoms with Crippen LogP contribution >= 0.6 is 0 Å². The summed E-state index contributed by atoms with van der Waals surface area (Å²) in [4.78, 5) is 0. The molecule has 1 aliphatic rings. The molecular formula is C18H29N. The molecule has 1 saturated carbocycles. The van der Waals surface area contributed by atoms with Gasteiger partial charge in [0.25, 0.3) is 0 Å². The predicted molar refractivity (Wildman–Crippen MR) is 83.4 cm³/mol. The van der Waals surface area contributed by atoms with Gasteiger partial charge < -0.3 is 5.32 Å². The quantitative estimate of drug-likeness (QED) is 0.719. The molecule has 19 heavy (non-hydrogen) atoms. The lowest BCUT2D eigenvalue weighted by Crippen LogP contribution is -2.33. The molecule has 0 saturated heterocycles. The Balaban J connectivity index is 1.91. The van der Waals surface area contributed by atoms with E-state index >= 15 is 0 Å². The molecule has 0 heterocycles. The summed E-state index contributed by atoms with van der Waals surface area (Å²) in [6, 6.07) is 11.8. The highest BCUT2D eigenvalue weighted by molar-refractivity contribution is 5.26. The topological polar surface area (TPSA) is 12.0 Å². The second kappa shape index (κ2) is 7.09. The van der Waals surface area contributed by atoms with Gasteiger partial charge in [-0.05, 0) is 42.7 Å². The Morgan fingerprint density at radius 2 is 1.95 bits per heavy atom. The van der Waals surface area contributed by atoms with Crippen LogP contribution in [0, 0.1) is 11.8 Å². The van der Waals surface area contributed by atoms with Crippen molar-refractivity contribution in [3.8, 4) is 0 Å². The normalized spacial score (nSPS) is 25.0. The summed E-state index contributed by atoms with van der Waals surface area (Å²) in [5, 5.41) is 3.73. The molecule has 1 heteroatoms. The second-order valence-electron chi connectivity index (χ2n) is 6.21. The van der Waals surface area contributed by atoms with Crippen LogP contribution in [0.4, 0.5) is 0 Å². The van der Waals surface area contributed by atoms with Crippen molar-refractivity contribution < 1.29 is 0 Å². The number of hydrogen-bond acceptors (Lipinski definition) is 1. The highest BCUT2D eigenvalue weighted by Gasteiger charge is 2.43. The van der Waals surface area contributed by atoms with Gasteiger partial charge in [0.2, 0.25) is 0 Å². The Morgan fingerprint density at radius 3 is 2.58 bits per heavy atom. The molecule has 4 unspecified atom stereocenters. The van der Waals surface area contributed by atoms with E-state index in [0.717, 1.165) is 30.3 Å². The minimum atomic E-state index is 0.719. The summed E-state index contributed by atoms with van der Waals surface area (Å²) < 4.78 is 0. The van der Waals surface area contributed by atoms with Gasteiger partial charge in [0, 0.05) is 6.04 Å². The maximum atomic E-state index is 3.73. The van der Waals surface area contributed by atoms with Crippen LogP contribution in [-0.4, -0.2) is 12.6 Å². The molecule has 0 amide bonds. The first kappa shape index (κ1) is 14.6. The van der Waals surface area contributed by atoms with E-state index in [1.54, 1.807) is 5.56 Å². The Hall–Kier alpha value is -0.820. The molecule has 1 aliphatic carbocycles. The van der Waals surface area contributed by atoms with E-state index in [1.165, 1.54) is 25.7 Å². The fraction of sp³-hybridized carbons (Fsp3) is 0.667. The monoisotopic (exact) mass is 259 g/mol. The molecule has 1 fully saturated rings. The van der Waals surface area contributed by atoms with Crippen LogP contribution < -0.4 is 5.32 Å². The van der Waals surface area contributed by atoms with Gasteiger partial charge in [-0.3, -0.25) is 0 Å². The third kappa shape index (κ3) is 4.07. The van der Waals surface area contributed by atoms with Crippen LogP contribution in [0.25, 0.3) is 0 Å². The average Bonchev–Trinajstić information content (AvgIpc) is 3.20. The van der Waals surface area contributed by atoms with Crippen molar-refractivity contribution in [2.75, 3.05) is 6.54 Å². The number of hydrogen-bond donors (Lipinski definition) is 1. The molecule has 0 radical (unpaired) electrons. The summed E-state index contributed by atoms with van der Waals surface area (Å²) in [6.45, 7) is 8.04. The van der Waals surface area contributed by atoms with Crippen molar-refractivity contribution in [3.63, 3.8) is 0 Å². The summed E-state index contributed by atoms with van der Waals surface area (Å²) >= 11 is 0. The summed E-state index contributed by atoms with van der Waals surface area (Å²) in [5.74, 6) is 2.52. The average molecular weight is 259 g/mol. The van der Waals surface area contributed by atoms with E-state index in [9.17, 15) is 0 Å². The lowest BCUT2D eigenvalue weighted by Gasteiger charge is -2.22. The molecule has 1 aromatic rings. The van der Waals surface area contributed by atoms with Crippen LogP contribution in [-0.2, 0) is 0 Å². The van der Waals surface area contributed by atoms with Crippen molar-refractivity contribution in [2.45, 2.75) is 58.4 Å². The Morgan fingerprint density at radius 1 is 1.21 bits per heavy atom. The predicted octanol–water partition coefficient (Wildman–Crippen LogP) is 4.59. The summed E-state index contributed by atoms with van der Waals surface area (Å²) in [5.41, 5.74) is 1.54. The molecule has 1 N–H and O–H groups in total. The zero-order valence-electron chi connectivity index (χ0n) is 12.7. The molecule has 1 nitrogen and oxygen atoms in total. The van der Waals surface area contributed by atoms with Crippen molar-refractivity contribution in [2.24, 2.45) is 11.8 Å². The standard InChI is InChI=1S/C18H29N/c1-4-9-14(3)12-18(19-5-2)17-13-16(17)15-10-7-6-8-11-15/h6-8,10-11,14,16-19H,4-5,9,12-13H2,1-3H3. The van der Waals surface area contributed by atoms with Crippen LogP contribution in [0.2, 0.25) is 0 Å². The van der Waals surface area contributed by atoms with Crippen LogP contribution in [0.15, 0.2) is 30.3 Å². The van der Waals surface area contributed by atoms with Crippen LogP contribution in [0.3, 0.4) is 0 Å². The third-order valence-corrected chi connectivity index (χ3v) is 4.49. The number of benzene rings is 1. The van der Waals surface area contributed by atoms with E-state index in [4.69, 9.17) is 0 Å². The Bertz CT molecular complexity index is 359. The molecule has 0 aromatic heterocycles. The van der Waals surface area contributed by atoms with E-state index in [-0.39, 0.29) is 0 Å². The SMILES string of the molecule is CCCC(C)CC(NCC)C1CC1c1ccccc1. The van der Waals surface area contributed by atoms with Gasteiger partial charge in [-0.25, -0.2) is 0 Å². The van der Waals surface area contributed by atoms with Crippen molar-refractivity contribution in [1.29, 1.82) is 0 Å². The maximum absolute atomic E-state index is 3.73. The van der Waals surface area contributed by atoms with E-state index in [2.05, 4.69) is 56.4 Å². The fourth-order valence-electron chi connectivity index (χ4n) is 3.46. The minimum absolute atomic E-state index is 0.719. The molecule has 106 valence electrons. The van der Waals surface area contributed by atoms with E-state index in [1.807, 2.05) is 0 Å². The first-order valence-electron chi connectivity index (χ1n) is 8.04. The van der Waals surface area contributed by atoms with E-state index in [0.29, 0.717) is 0 Å². The molecular weight excluding hydrogens is 230 g/mol. The maximum Gasteiger partial charge on any atom is 0.0104 e. The number of nitrogens with one attached hydrogen (secondary N) is 1. The lowest BCUT2D eigenvalue weighted by atomic mass is 9.93. The van der Waals surface area contributed by atoms with Gasteiger partial charge in [0.05, 0.1) is 0 Å². The largest absolute Gasteiger partial charge is 0.314 e. The molecule has 0 bridgehead atoms. The zero-order valence-corrected chi connectivity index (χ0v) is 12.7. The minimum Gasteiger partial charge on any atom is -0.314 e. The van der Waals surface area contributed by atoms with Gasteiger partial charge in [0.1, 0.15) is 0 Å². The van der Waals surface area contributed by atoms with Crippen molar-refractivity contribution in [1.82, 2.24) is 5.32 Å². The van der Waals surface area contributed by atoms with Gasteiger partial charge in [0.15, 0.2) is 0 Å². The Labute approximate surface area is 118 Å². The van der Waals surface area contributed by atoms with E-state index < -0.39 is 0 Å². The first-order valence-corrected chi connectivity index (χ1v) is 8.04. The molecule has 0 spiro atoms. The molecule has 0 aliphatic heterocycles. The highest BCUT2D eigenvalue weighted by Crippen LogP contribution is 2.50. The second-order valence-corrected chi connectivity index (χ2v) is 6.21. The van der Waals surface area contributed by atoms with Crippen LogP contribution in [0.5, 0.6) is 0 Å². The van der Waals surface area contributed by atoms with Gasteiger partial charge in [-0.1, -0.05) is 63.9 Å². The van der Waals surface area contributed by atoms with Crippen molar-refractivity contribution >= 4 is 0 Å². The van der Waals surface area contributed by atoms with Crippen molar-refractivity contribution in [3.05, 3.63) is 35.9 Å². The summed E-state index contributed by atoms with van der Waals surface area (Å²) in [6.07, 6.45) is 5.40. The lowest BCUT2D eigenvalue weighted by molar-refractivity contribution is 0.356.